The molecule has 20 heavy (non-hydrogen) atoms. The maximum absolute atomic E-state index is 11.7. The number of ether oxygens (including phenoxy) is 1. The Balaban J connectivity index is 0. The van der Waals surface area contributed by atoms with E-state index in [2.05, 4.69) is 6.58 Å². The number of hydrogen-bond donors (Lipinski definition) is 0. The Labute approximate surface area is 130 Å². The fourth-order valence-electron chi connectivity index (χ4n) is 1.64. The van der Waals surface area contributed by atoms with E-state index in [9.17, 15) is 4.79 Å². The van der Waals surface area contributed by atoms with Gasteiger partial charge >= 0.3 is 14.8 Å². The predicted octanol–water partition coefficient (Wildman–Crippen LogP) is 2.58. The van der Waals surface area contributed by atoms with Crippen molar-refractivity contribution in [2.45, 2.75) is 46.8 Å². The quantitative estimate of drug-likeness (QED) is 0.351. The lowest BCUT2D eigenvalue weighted by atomic mass is 10.4. The van der Waals surface area contributed by atoms with E-state index in [-0.39, 0.29) is 13.5 Å². The molecule has 0 aromatic carbocycles. The van der Waals surface area contributed by atoms with Crippen LogP contribution in [-0.2, 0) is 22.8 Å². The maximum Gasteiger partial charge on any atom is 0.544 e. The minimum atomic E-state index is -3.02. The topological polar surface area (TPSA) is 54.0 Å². The van der Waals surface area contributed by atoms with Crippen LogP contribution in [0.1, 0.15) is 41.0 Å². The molecule has 1 unspecified atom stereocenters. The summed E-state index contributed by atoms with van der Waals surface area (Å²) in [7, 11) is -3.02. The lowest BCUT2D eigenvalue weighted by molar-refractivity contribution is -0.144. The first-order chi connectivity index (χ1) is 8.97. The number of carbonyl (C=O) groups excluding carboxylic acids is 1. The summed E-state index contributed by atoms with van der Waals surface area (Å²) in [5.74, 6) is -0.442. The van der Waals surface area contributed by atoms with Gasteiger partial charge in [-0.2, -0.15) is 13.5 Å². The van der Waals surface area contributed by atoms with Crippen molar-refractivity contribution in [3.63, 3.8) is 0 Å². The van der Waals surface area contributed by atoms with E-state index in [0.29, 0.717) is 31.8 Å². The van der Waals surface area contributed by atoms with Crippen molar-refractivity contribution in [2.75, 3.05) is 19.8 Å². The molecule has 0 N–H and O–H groups in total. The molecule has 120 valence electrons. The number of carbonyl (C=O) groups is 1. The van der Waals surface area contributed by atoms with Crippen molar-refractivity contribution in [3.05, 3.63) is 12.2 Å². The summed E-state index contributed by atoms with van der Waals surface area (Å²) >= 11 is 0. The first-order valence-corrected chi connectivity index (χ1v) is 8.55. The average molecular weight is 325 g/mol. The summed E-state index contributed by atoms with van der Waals surface area (Å²) in [5, 5.41) is 0. The highest BCUT2D eigenvalue weighted by Crippen LogP contribution is 2.21. The lowest BCUT2D eigenvalue weighted by Crippen LogP contribution is -2.58. The second-order valence-corrected chi connectivity index (χ2v) is 6.70. The fourth-order valence-corrected chi connectivity index (χ4v) is 4.41. The smallest absolute Gasteiger partial charge is 0.454 e. The van der Waals surface area contributed by atoms with Crippen molar-refractivity contribution in [3.8, 4) is 0 Å². The van der Waals surface area contributed by atoms with E-state index in [1.54, 1.807) is 6.92 Å². The molecule has 0 bridgehead atoms. The Morgan fingerprint density at radius 2 is 1.45 bits per heavy atom. The zero-order valence-corrected chi connectivity index (χ0v) is 15.2. The maximum atomic E-state index is 11.7. The fraction of sp³-hybridized carbons (Fsp3) is 0.769. The summed E-state index contributed by atoms with van der Waals surface area (Å²) in [6.45, 7) is 14.1. The second-order valence-electron chi connectivity index (χ2n) is 3.99. The van der Waals surface area contributed by atoms with Gasteiger partial charge < -0.3 is 18.0 Å². The van der Waals surface area contributed by atoms with Crippen molar-refractivity contribution >= 4 is 28.3 Å². The van der Waals surface area contributed by atoms with Gasteiger partial charge in [0.2, 0.25) is 0 Å². The molecule has 0 radical (unpaired) electrons. The van der Waals surface area contributed by atoms with Gasteiger partial charge in [0.1, 0.15) is 0 Å². The van der Waals surface area contributed by atoms with Gasteiger partial charge in [0.05, 0.1) is 0 Å². The van der Waals surface area contributed by atoms with Crippen molar-refractivity contribution < 1.29 is 22.8 Å². The lowest BCUT2D eigenvalue weighted by Gasteiger charge is -2.34. The predicted molar refractivity (Wildman–Crippen MR) is 86.0 cm³/mol. The molecule has 1 atom stereocenters. The van der Waals surface area contributed by atoms with Crippen LogP contribution < -0.4 is 0 Å². The molecular formula is C13H28O5SSi. The molecule has 0 heterocycles. The Bertz CT molecular complexity index is 281. The first kappa shape index (κ1) is 21.9. The summed E-state index contributed by atoms with van der Waals surface area (Å²) in [4.78, 5) is 11.7. The van der Waals surface area contributed by atoms with Crippen LogP contribution in [0.3, 0.4) is 0 Å². The molecule has 0 aliphatic rings. The molecule has 0 aromatic heterocycles. The molecule has 0 spiro atoms. The van der Waals surface area contributed by atoms with Crippen LogP contribution in [0.4, 0.5) is 0 Å². The standard InChI is InChI=1S/C13H26O5Si.H2S/c1-7-12(18-13(14)11(5)6)19(15-8-2,16-9-3)17-10-4;/h12H,5,7-10H2,1-4,6H3;1H2. The molecule has 0 aliphatic heterocycles. The Kier molecular flexibility index (Phi) is 12.4. The van der Waals surface area contributed by atoms with E-state index < -0.39 is 20.5 Å². The largest absolute Gasteiger partial charge is 0.544 e. The summed E-state index contributed by atoms with van der Waals surface area (Å²) in [5.41, 5.74) is -0.151. The first-order valence-electron chi connectivity index (χ1n) is 6.75. The van der Waals surface area contributed by atoms with E-state index in [1.807, 2.05) is 27.7 Å². The SMILES string of the molecule is C=C(C)C(=O)OC(CC)[Si](OCC)(OCC)OCC.S. The van der Waals surface area contributed by atoms with E-state index in [4.69, 9.17) is 18.0 Å². The van der Waals surface area contributed by atoms with Crippen molar-refractivity contribution in [1.82, 2.24) is 0 Å². The monoisotopic (exact) mass is 324 g/mol. The second kappa shape index (κ2) is 11.3. The molecular weight excluding hydrogens is 296 g/mol. The van der Waals surface area contributed by atoms with Crippen LogP contribution in [0.25, 0.3) is 0 Å². The van der Waals surface area contributed by atoms with Gasteiger partial charge in [0.25, 0.3) is 0 Å². The molecule has 0 rings (SSSR count). The van der Waals surface area contributed by atoms with Gasteiger partial charge in [-0.05, 0) is 34.1 Å². The van der Waals surface area contributed by atoms with Crippen LogP contribution in [0, 0.1) is 0 Å². The average Bonchev–Trinajstić information content (AvgIpc) is 2.36. The third-order valence-electron chi connectivity index (χ3n) is 2.40. The molecule has 0 fully saturated rings. The van der Waals surface area contributed by atoms with Crippen LogP contribution in [0.2, 0.25) is 0 Å². The van der Waals surface area contributed by atoms with Gasteiger partial charge in [0, 0.05) is 25.4 Å². The Morgan fingerprint density at radius 3 is 1.70 bits per heavy atom. The Morgan fingerprint density at radius 1 is 1.05 bits per heavy atom. The molecule has 0 aliphatic carbocycles. The van der Waals surface area contributed by atoms with Gasteiger partial charge in [-0.15, -0.1) is 0 Å². The van der Waals surface area contributed by atoms with Crippen molar-refractivity contribution in [2.24, 2.45) is 0 Å². The Hall–Kier alpha value is -0.343. The summed E-state index contributed by atoms with van der Waals surface area (Å²) in [6.07, 6.45) is 0.575. The van der Waals surface area contributed by atoms with Crippen LogP contribution in [0.5, 0.6) is 0 Å². The summed E-state index contributed by atoms with van der Waals surface area (Å²) in [6, 6.07) is 0. The van der Waals surface area contributed by atoms with Gasteiger partial charge in [-0.1, -0.05) is 13.5 Å². The minimum absolute atomic E-state index is 0. The minimum Gasteiger partial charge on any atom is -0.454 e. The third kappa shape index (κ3) is 6.40. The normalized spacial score (nSPS) is 12.4. The van der Waals surface area contributed by atoms with Crippen LogP contribution in [0.15, 0.2) is 12.2 Å². The van der Waals surface area contributed by atoms with Gasteiger partial charge in [0.15, 0.2) is 5.73 Å². The highest BCUT2D eigenvalue weighted by Gasteiger charge is 2.51. The molecule has 0 amide bonds. The van der Waals surface area contributed by atoms with Crippen LogP contribution >= 0.6 is 13.5 Å². The van der Waals surface area contributed by atoms with E-state index in [1.165, 1.54) is 0 Å². The highest BCUT2D eigenvalue weighted by molar-refractivity contribution is 7.59. The zero-order valence-electron chi connectivity index (χ0n) is 13.2. The summed E-state index contributed by atoms with van der Waals surface area (Å²) < 4.78 is 22.6. The molecule has 0 saturated carbocycles. The van der Waals surface area contributed by atoms with Crippen LogP contribution in [-0.4, -0.2) is 40.3 Å². The van der Waals surface area contributed by atoms with E-state index >= 15 is 0 Å². The zero-order chi connectivity index (χ0) is 14.9. The van der Waals surface area contributed by atoms with Gasteiger partial charge in [-0.25, -0.2) is 4.79 Å². The molecule has 5 nitrogen and oxygen atoms in total. The van der Waals surface area contributed by atoms with Gasteiger partial charge in [-0.3, -0.25) is 0 Å². The number of rotatable bonds is 10. The third-order valence-corrected chi connectivity index (χ3v) is 5.79. The van der Waals surface area contributed by atoms with Crippen molar-refractivity contribution in [1.29, 1.82) is 0 Å². The molecule has 7 heteroatoms. The molecule has 0 aromatic rings. The number of esters is 1. The highest BCUT2D eigenvalue weighted by atomic mass is 32.1. The number of hydrogen-bond acceptors (Lipinski definition) is 5. The van der Waals surface area contributed by atoms with E-state index in [0.717, 1.165) is 0 Å². The molecule has 0 saturated heterocycles.